The number of fused-ring (bicyclic) bond motifs is 1. The summed E-state index contributed by atoms with van der Waals surface area (Å²) in [6.07, 6.45) is 0.791. The topological polar surface area (TPSA) is 113 Å². The van der Waals surface area contributed by atoms with Crippen molar-refractivity contribution in [2.24, 2.45) is 0 Å². The molecule has 0 aliphatic carbocycles. The van der Waals surface area contributed by atoms with Gasteiger partial charge in [0.25, 0.3) is 0 Å². The Morgan fingerprint density at radius 2 is 1.65 bits per heavy atom. The normalized spacial score (nSPS) is 10.8. The average molecular weight is 329 g/mol. The SMILES string of the molecule is CCc1ccc(-c2cc(C(=O)O)nc(C(=O)O)c2)c2nsnc12. The summed E-state index contributed by atoms with van der Waals surface area (Å²) in [5, 5.41) is 18.3. The second kappa shape index (κ2) is 5.73. The molecule has 0 aliphatic rings. The lowest BCUT2D eigenvalue weighted by atomic mass is 10.00. The van der Waals surface area contributed by atoms with E-state index in [0.717, 1.165) is 29.2 Å². The van der Waals surface area contributed by atoms with Gasteiger partial charge in [-0.15, -0.1) is 0 Å². The molecule has 8 heteroatoms. The summed E-state index contributed by atoms with van der Waals surface area (Å²) in [6, 6.07) is 6.37. The number of aromatic carboxylic acids is 2. The van der Waals surface area contributed by atoms with Crippen molar-refractivity contribution >= 4 is 34.7 Å². The van der Waals surface area contributed by atoms with Crippen LogP contribution < -0.4 is 0 Å². The molecule has 0 saturated heterocycles. The van der Waals surface area contributed by atoms with Crippen molar-refractivity contribution in [3.63, 3.8) is 0 Å². The van der Waals surface area contributed by atoms with E-state index in [1.807, 2.05) is 13.0 Å². The molecule has 3 rings (SSSR count). The molecule has 2 N–H and O–H groups in total. The number of aromatic nitrogens is 3. The lowest BCUT2D eigenvalue weighted by molar-refractivity contribution is 0.0685. The van der Waals surface area contributed by atoms with Gasteiger partial charge in [-0.05, 0) is 29.7 Å². The van der Waals surface area contributed by atoms with Crippen molar-refractivity contribution in [1.29, 1.82) is 0 Å². The van der Waals surface area contributed by atoms with E-state index in [4.69, 9.17) is 10.2 Å². The fourth-order valence-electron chi connectivity index (χ4n) is 2.34. The van der Waals surface area contributed by atoms with Crippen LogP contribution in [0.15, 0.2) is 24.3 Å². The molecule has 0 bridgehead atoms. The minimum atomic E-state index is -1.29. The molecule has 0 atom stereocenters. The zero-order valence-electron chi connectivity index (χ0n) is 12.0. The zero-order chi connectivity index (χ0) is 16.6. The number of benzene rings is 1. The number of aryl methyl sites for hydroxylation is 1. The van der Waals surface area contributed by atoms with Crippen molar-refractivity contribution in [3.8, 4) is 11.1 Å². The van der Waals surface area contributed by atoms with Crippen LogP contribution in [0.25, 0.3) is 22.2 Å². The van der Waals surface area contributed by atoms with Crippen LogP contribution in [0.4, 0.5) is 0 Å². The Hall–Kier alpha value is -2.87. The summed E-state index contributed by atoms with van der Waals surface area (Å²) in [5.74, 6) is -2.57. The van der Waals surface area contributed by atoms with Crippen LogP contribution in [-0.2, 0) is 6.42 Å². The van der Waals surface area contributed by atoms with Gasteiger partial charge in [0.15, 0.2) is 0 Å². The number of rotatable bonds is 4. The van der Waals surface area contributed by atoms with Gasteiger partial charge in [0.1, 0.15) is 22.4 Å². The zero-order valence-corrected chi connectivity index (χ0v) is 12.8. The molecule has 0 spiro atoms. The highest BCUT2D eigenvalue weighted by molar-refractivity contribution is 7.00. The lowest BCUT2D eigenvalue weighted by Crippen LogP contribution is -2.08. The lowest BCUT2D eigenvalue weighted by Gasteiger charge is -2.07. The maximum absolute atomic E-state index is 11.2. The van der Waals surface area contributed by atoms with Gasteiger partial charge in [0.05, 0.1) is 11.7 Å². The van der Waals surface area contributed by atoms with Crippen LogP contribution in [0.5, 0.6) is 0 Å². The maximum Gasteiger partial charge on any atom is 0.354 e. The molecule has 0 aliphatic heterocycles. The maximum atomic E-state index is 11.2. The molecule has 0 unspecified atom stereocenters. The van der Waals surface area contributed by atoms with Crippen LogP contribution in [-0.4, -0.2) is 35.9 Å². The molecule has 3 aromatic rings. The molecule has 2 heterocycles. The first-order chi connectivity index (χ1) is 11.0. The molecule has 0 saturated carbocycles. The van der Waals surface area contributed by atoms with Crippen molar-refractivity contribution in [2.45, 2.75) is 13.3 Å². The predicted octanol–water partition coefficient (Wildman–Crippen LogP) is 2.71. The van der Waals surface area contributed by atoms with Gasteiger partial charge in [-0.25, -0.2) is 14.6 Å². The van der Waals surface area contributed by atoms with E-state index in [9.17, 15) is 9.59 Å². The van der Waals surface area contributed by atoms with Gasteiger partial charge < -0.3 is 10.2 Å². The van der Waals surface area contributed by atoms with Crippen molar-refractivity contribution < 1.29 is 19.8 Å². The summed E-state index contributed by atoms with van der Waals surface area (Å²) in [6.45, 7) is 2.01. The van der Waals surface area contributed by atoms with Crippen molar-refractivity contribution in [3.05, 3.63) is 41.2 Å². The summed E-state index contributed by atoms with van der Waals surface area (Å²) < 4.78 is 8.54. The van der Waals surface area contributed by atoms with Crippen LogP contribution in [0, 0.1) is 0 Å². The number of hydrogen-bond donors (Lipinski definition) is 2. The predicted molar refractivity (Wildman–Crippen MR) is 83.9 cm³/mol. The largest absolute Gasteiger partial charge is 0.477 e. The minimum Gasteiger partial charge on any atom is -0.477 e. The summed E-state index contributed by atoms with van der Waals surface area (Å²) >= 11 is 1.06. The van der Waals surface area contributed by atoms with Gasteiger partial charge in [-0.2, -0.15) is 8.75 Å². The standard InChI is InChI=1S/C15H11N3O4S/c1-2-7-3-4-9(13-12(7)17-23-18-13)8-5-10(14(19)20)16-11(6-8)15(21)22/h3-6H,2H2,1H3,(H,19,20)(H,21,22). The van der Waals surface area contributed by atoms with Gasteiger partial charge in [0, 0.05) is 5.56 Å². The highest BCUT2D eigenvalue weighted by Gasteiger charge is 2.17. The number of hydrogen-bond acceptors (Lipinski definition) is 6. The summed E-state index contributed by atoms with van der Waals surface area (Å²) in [7, 11) is 0. The highest BCUT2D eigenvalue weighted by Crippen LogP contribution is 2.30. The van der Waals surface area contributed by atoms with E-state index >= 15 is 0 Å². The second-order valence-electron chi connectivity index (χ2n) is 4.82. The fraction of sp³-hybridized carbons (Fsp3) is 0.133. The van der Waals surface area contributed by atoms with E-state index in [1.165, 1.54) is 12.1 Å². The van der Waals surface area contributed by atoms with Gasteiger partial charge in [-0.3, -0.25) is 0 Å². The molecule has 1 aromatic carbocycles. The van der Waals surface area contributed by atoms with E-state index in [-0.39, 0.29) is 11.4 Å². The van der Waals surface area contributed by atoms with E-state index in [2.05, 4.69) is 13.7 Å². The third-order valence-corrected chi connectivity index (χ3v) is 3.98. The molecule has 0 fully saturated rings. The first-order valence-electron chi connectivity index (χ1n) is 6.74. The Labute approximate surface area is 134 Å². The number of nitrogens with zero attached hydrogens (tertiary/aromatic N) is 3. The quantitative estimate of drug-likeness (QED) is 0.756. The molecule has 23 heavy (non-hydrogen) atoms. The van der Waals surface area contributed by atoms with E-state index in [0.29, 0.717) is 16.6 Å². The number of pyridine rings is 1. The Balaban J connectivity index is 2.28. The Morgan fingerprint density at radius 1 is 1.04 bits per heavy atom. The van der Waals surface area contributed by atoms with E-state index in [1.54, 1.807) is 6.07 Å². The molecule has 116 valence electrons. The van der Waals surface area contributed by atoms with Crippen molar-refractivity contribution in [2.75, 3.05) is 0 Å². The molecule has 7 nitrogen and oxygen atoms in total. The fourth-order valence-corrected chi connectivity index (χ4v) is 2.93. The van der Waals surface area contributed by atoms with Crippen LogP contribution in [0.1, 0.15) is 33.5 Å². The third kappa shape index (κ3) is 2.64. The smallest absolute Gasteiger partial charge is 0.354 e. The Kier molecular flexibility index (Phi) is 3.75. The monoisotopic (exact) mass is 329 g/mol. The highest BCUT2D eigenvalue weighted by atomic mass is 32.1. The van der Waals surface area contributed by atoms with Gasteiger partial charge in [-0.1, -0.05) is 19.1 Å². The van der Waals surface area contributed by atoms with E-state index < -0.39 is 11.9 Å². The molecular weight excluding hydrogens is 318 g/mol. The van der Waals surface area contributed by atoms with Crippen LogP contribution in [0.3, 0.4) is 0 Å². The van der Waals surface area contributed by atoms with Crippen LogP contribution in [0.2, 0.25) is 0 Å². The van der Waals surface area contributed by atoms with Crippen molar-refractivity contribution in [1.82, 2.24) is 13.7 Å². The Bertz CT molecular complexity index is 903. The number of carboxylic acids is 2. The molecule has 0 amide bonds. The van der Waals surface area contributed by atoms with Crippen LogP contribution >= 0.6 is 11.7 Å². The number of carbonyl (C=O) groups is 2. The molecular formula is C15H11N3O4S. The van der Waals surface area contributed by atoms with Gasteiger partial charge in [0.2, 0.25) is 0 Å². The summed E-state index contributed by atoms with van der Waals surface area (Å²) in [5.41, 5.74) is 2.84. The minimum absolute atomic E-state index is 0.323. The third-order valence-electron chi connectivity index (χ3n) is 3.45. The average Bonchev–Trinajstić information content (AvgIpc) is 3.03. The van der Waals surface area contributed by atoms with Gasteiger partial charge >= 0.3 is 11.9 Å². The summed E-state index contributed by atoms with van der Waals surface area (Å²) in [4.78, 5) is 26.0. The first kappa shape index (κ1) is 15.0. The second-order valence-corrected chi connectivity index (χ2v) is 5.35. The number of carboxylic acid groups (broad SMARTS) is 2. The Morgan fingerprint density at radius 3 is 2.22 bits per heavy atom. The first-order valence-corrected chi connectivity index (χ1v) is 7.47. The molecule has 0 radical (unpaired) electrons. The molecule has 2 aromatic heterocycles.